The number of carbonyl (C=O) groups excluding carboxylic acids is 2. The van der Waals surface area contributed by atoms with Crippen molar-refractivity contribution >= 4 is 11.9 Å². The van der Waals surface area contributed by atoms with E-state index >= 15 is 0 Å². The lowest BCUT2D eigenvalue weighted by Gasteiger charge is -2.65. The van der Waals surface area contributed by atoms with Gasteiger partial charge in [0, 0.05) is 52.9 Å². The Labute approximate surface area is 255 Å². The molecule has 7 fully saturated rings. The van der Waals surface area contributed by atoms with Crippen LogP contribution in [0, 0.1) is 34.0 Å². The number of carbonyl (C=O) groups is 2. The zero-order valence-electron chi connectivity index (χ0n) is 25.8. The molecule has 0 unspecified atom stereocenters. The summed E-state index contributed by atoms with van der Waals surface area (Å²) in [5.41, 5.74) is -6.22. The van der Waals surface area contributed by atoms with Crippen LogP contribution in [0.1, 0.15) is 54.4 Å². The molecule has 44 heavy (non-hydrogen) atoms. The molecule has 4 saturated heterocycles. The monoisotopic (exact) mass is 618 g/mol. The van der Waals surface area contributed by atoms with E-state index in [1.54, 1.807) is 26.0 Å². The minimum absolute atomic E-state index is 0.0288. The van der Waals surface area contributed by atoms with Crippen LogP contribution >= 0.6 is 0 Å². The Hall–Kier alpha value is -2.06. The van der Waals surface area contributed by atoms with Gasteiger partial charge in [0.25, 0.3) is 0 Å². The second-order valence-corrected chi connectivity index (χ2v) is 15.0. The number of hydrogen-bond donors (Lipinski definition) is 3. The second kappa shape index (κ2) is 8.64. The molecule has 16 atom stereocenters. The molecule has 0 amide bonds. The zero-order valence-corrected chi connectivity index (χ0v) is 25.8. The van der Waals surface area contributed by atoms with Gasteiger partial charge in [-0.15, -0.1) is 0 Å². The molecule has 3 saturated carbocycles. The molecular formula is C32H42O12. The predicted molar refractivity (Wildman–Crippen MR) is 147 cm³/mol. The largest absolute Gasteiger partial charge is 0.469 e. The minimum Gasteiger partial charge on any atom is -0.469 e. The van der Waals surface area contributed by atoms with Gasteiger partial charge >= 0.3 is 11.9 Å². The van der Waals surface area contributed by atoms with Gasteiger partial charge in [0.1, 0.15) is 23.4 Å². The molecule has 0 aromatic carbocycles. The molecule has 5 aliphatic heterocycles. The van der Waals surface area contributed by atoms with Crippen molar-refractivity contribution in [2.45, 2.75) is 114 Å². The standard InChI is InChI=1S/C32H42O12/c1-7-14(2)24(35)42-18-11-17(41-15(3)33)27(4)12-39-20-21(27)30(18)13-40-25(36)22(30)28(5,23(20)34)32-19-10-16(29(32,6)44-32)31(37)8-9-38-26(31)43-19/h7-9,16-23,25-26,34,36-37H,10-13H2,1-6H3/b14-7+/t16-,17-,18+,19+,20-,21+,22+,23-,25+,26+,27-,28+,29+,30+,31+,32+/m1/s1. The molecule has 242 valence electrons. The number of allylic oxidation sites excluding steroid dienone is 1. The summed E-state index contributed by atoms with van der Waals surface area (Å²) in [5.74, 6) is -2.73. The molecule has 12 nitrogen and oxygen atoms in total. The molecule has 12 heteroatoms. The summed E-state index contributed by atoms with van der Waals surface area (Å²) < 4.78 is 43.7. The van der Waals surface area contributed by atoms with Crippen LogP contribution in [0.3, 0.4) is 0 Å². The lowest BCUT2D eigenvalue weighted by atomic mass is 9.38. The fourth-order valence-corrected chi connectivity index (χ4v) is 11.6. The van der Waals surface area contributed by atoms with Gasteiger partial charge in [-0.2, -0.15) is 0 Å². The van der Waals surface area contributed by atoms with Gasteiger partial charge in [0.05, 0.1) is 37.8 Å². The first-order chi connectivity index (χ1) is 20.7. The van der Waals surface area contributed by atoms with Crippen molar-refractivity contribution in [1.82, 2.24) is 0 Å². The third-order valence-electron chi connectivity index (χ3n) is 13.4. The molecule has 0 radical (unpaired) electrons. The number of aliphatic hydroxyl groups excluding tert-OH is 2. The van der Waals surface area contributed by atoms with Crippen molar-refractivity contribution in [2.75, 3.05) is 13.2 Å². The van der Waals surface area contributed by atoms with E-state index in [0.29, 0.717) is 12.0 Å². The predicted octanol–water partition coefficient (Wildman–Crippen LogP) is 1.10. The van der Waals surface area contributed by atoms with Crippen molar-refractivity contribution in [3.8, 4) is 0 Å². The summed E-state index contributed by atoms with van der Waals surface area (Å²) in [7, 11) is 0. The molecule has 5 heterocycles. The number of epoxide rings is 1. The number of esters is 2. The van der Waals surface area contributed by atoms with Crippen LogP contribution in [0.15, 0.2) is 24.0 Å². The Morgan fingerprint density at radius 1 is 1.00 bits per heavy atom. The number of ether oxygens (including phenoxy) is 7. The molecule has 3 N–H and O–H groups in total. The summed E-state index contributed by atoms with van der Waals surface area (Å²) in [5, 5.41) is 36.2. The van der Waals surface area contributed by atoms with Crippen LogP contribution in [0.4, 0.5) is 0 Å². The zero-order chi connectivity index (χ0) is 31.4. The van der Waals surface area contributed by atoms with Crippen LogP contribution < -0.4 is 0 Å². The van der Waals surface area contributed by atoms with Crippen LogP contribution in [0.5, 0.6) is 0 Å². The maximum atomic E-state index is 13.4. The summed E-state index contributed by atoms with van der Waals surface area (Å²) in [4.78, 5) is 25.7. The number of rotatable bonds is 4. The van der Waals surface area contributed by atoms with E-state index in [4.69, 9.17) is 33.2 Å². The fourth-order valence-electron chi connectivity index (χ4n) is 11.6. The van der Waals surface area contributed by atoms with Gasteiger partial charge in [-0.1, -0.05) is 19.9 Å². The maximum absolute atomic E-state index is 13.4. The third kappa shape index (κ3) is 2.96. The second-order valence-electron chi connectivity index (χ2n) is 15.0. The highest BCUT2D eigenvalue weighted by Gasteiger charge is 2.95. The van der Waals surface area contributed by atoms with Crippen LogP contribution in [0.2, 0.25) is 0 Å². The van der Waals surface area contributed by atoms with E-state index in [0.717, 1.165) is 0 Å². The first kappa shape index (κ1) is 29.3. The SMILES string of the molecule is C/C=C(\C)C(=O)O[C@H]1C[C@@H](OC(C)=O)[C@@]2(C)CO[C@H]3[C@@H](O)[C@@](C)([C@]45O[C@@]4(C)[C@H]4C[C@@H]5O[C@@H]5OC=C[C@@]54O)[C@@H]4[C@@H](O)OC[C@@]14[C@@H]32. The first-order valence-electron chi connectivity index (χ1n) is 15.7. The lowest BCUT2D eigenvalue weighted by molar-refractivity contribution is -0.302. The van der Waals surface area contributed by atoms with Gasteiger partial charge in [-0.05, 0) is 33.3 Å². The Balaban J connectivity index is 1.30. The van der Waals surface area contributed by atoms with Crippen molar-refractivity contribution < 1.29 is 58.1 Å². The summed E-state index contributed by atoms with van der Waals surface area (Å²) in [6.45, 7) is 10.8. The van der Waals surface area contributed by atoms with Gasteiger partial charge in [0.2, 0.25) is 6.29 Å². The lowest BCUT2D eigenvalue weighted by Crippen LogP contribution is -2.76. The Morgan fingerprint density at radius 3 is 2.45 bits per heavy atom. The fraction of sp³-hybridized carbons (Fsp3) is 0.812. The highest BCUT2D eigenvalue weighted by molar-refractivity contribution is 5.87. The van der Waals surface area contributed by atoms with E-state index in [1.165, 1.54) is 13.2 Å². The van der Waals surface area contributed by atoms with Crippen molar-refractivity contribution in [3.63, 3.8) is 0 Å². The number of fused-ring (bicyclic) bond motifs is 7. The minimum atomic E-state index is -1.42. The Kier molecular flexibility index (Phi) is 5.76. The maximum Gasteiger partial charge on any atom is 0.333 e. The third-order valence-corrected chi connectivity index (χ3v) is 13.4. The average Bonchev–Trinajstić information content (AvgIpc) is 3.33. The summed E-state index contributed by atoms with van der Waals surface area (Å²) in [6.07, 6.45) is -1.03. The van der Waals surface area contributed by atoms with E-state index in [2.05, 4.69) is 0 Å². The molecule has 2 bridgehead atoms. The highest BCUT2D eigenvalue weighted by Crippen LogP contribution is 2.82. The molecule has 8 rings (SSSR count). The number of aliphatic hydroxyl groups is 3. The quantitative estimate of drug-likeness (QED) is 0.234. The van der Waals surface area contributed by atoms with Crippen molar-refractivity contribution in [2.24, 2.45) is 34.0 Å². The Bertz CT molecular complexity index is 1380. The molecule has 0 aromatic rings. The van der Waals surface area contributed by atoms with E-state index in [1.807, 2.05) is 20.8 Å². The molecular weight excluding hydrogens is 576 g/mol. The van der Waals surface area contributed by atoms with Crippen LogP contribution in [-0.2, 0) is 42.7 Å². The average molecular weight is 619 g/mol. The highest BCUT2D eigenvalue weighted by atomic mass is 16.7. The first-order valence-corrected chi connectivity index (χ1v) is 15.7. The van der Waals surface area contributed by atoms with E-state index in [9.17, 15) is 24.9 Å². The van der Waals surface area contributed by atoms with Crippen molar-refractivity contribution in [3.05, 3.63) is 24.0 Å². The van der Waals surface area contributed by atoms with Gasteiger partial charge < -0.3 is 48.5 Å². The molecule has 1 spiro atoms. The van der Waals surface area contributed by atoms with Gasteiger partial charge in [-0.25, -0.2) is 4.79 Å². The van der Waals surface area contributed by atoms with Gasteiger partial charge in [0.15, 0.2) is 11.9 Å². The normalized spacial score (nSPS) is 59.2. The summed E-state index contributed by atoms with van der Waals surface area (Å²) in [6, 6.07) is 0. The van der Waals surface area contributed by atoms with E-state index in [-0.39, 0.29) is 19.6 Å². The number of hydrogen-bond acceptors (Lipinski definition) is 12. The van der Waals surface area contributed by atoms with Crippen LogP contribution in [0.25, 0.3) is 0 Å². The van der Waals surface area contributed by atoms with Crippen LogP contribution in [-0.4, -0.2) is 100 Å². The molecule has 3 aliphatic carbocycles. The Morgan fingerprint density at radius 2 is 1.75 bits per heavy atom. The van der Waals surface area contributed by atoms with Crippen molar-refractivity contribution in [1.29, 1.82) is 0 Å². The summed E-state index contributed by atoms with van der Waals surface area (Å²) >= 11 is 0. The van der Waals surface area contributed by atoms with E-state index < -0.39 is 106 Å². The molecule has 8 aliphatic rings. The topological polar surface area (TPSA) is 163 Å². The van der Waals surface area contributed by atoms with Gasteiger partial charge in [-0.3, -0.25) is 4.79 Å². The molecule has 0 aromatic heterocycles. The smallest absolute Gasteiger partial charge is 0.333 e.